The monoisotopic (exact) mass is 644 g/mol. The number of fused-ring (bicyclic) bond motifs is 1. The quantitative estimate of drug-likeness (QED) is 0.201. The minimum atomic E-state index is -0.0252. The molecule has 170 valence electrons. The van der Waals surface area contributed by atoms with Gasteiger partial charge in [0.15, 0.2) is 0 Å². The molecule has 0 fully saturated rings. The van der Waals surface area contributed by atoms with Crippen molar-refractivity contribution >= 4 is 24.0 Å². The van der Waals surface area contributed by atoms with Crippen LogP contribution in [-0.4, -0.2) is 11.3 Å². The zero-order valence-corrected chi connectivity index (χ0v) is 26.1. The van der Waals surface area contributed by atoms with Crippen LogP contribution in [0.2, 0.25) is 0 Å². The van der Waals surface area contributed by atoms with E-state index in [-0.39, 0.29) is 58.6 Å². The van der Waals surface area contributed by atoms with E-state index in [1.165, 1.54) is 54.0 Å². The van der Waals surface area contributed by atoms with Crippen LogP contribution < -0.4 is 30.1 Å². The molecule has 0 saturated heterocycles. The Morgan fingerprint density at radius 2 is 1.55 bits per heavy atom. The normalized spacial score (nSPS) is 13.0. The van der Waals surface area contributed by atoms with E-state index in [0.717, 1.165) is 11.3 Å². The maximum absolute atomic E-state index is 2.43. The third-order valence-corrected chi connectivity index (χ3v) is 9.47. The molecule has 0 N–H and O–H groups in total. The van der Waals surface area contributed by atoms with Gasteiger partial charge in [0.05, 0.1) is 0 Å². The first kappa shape index (κ1) is 33.2. The van der Waals surface area contributed by atoms with Crippen molar-refractivity contribution in [1.29, 1.82) is 0 Å². The second-order valence-electron chi connectivity index (χ2n) is 8.10. The summed E-state index contributed by atoms with van der Waals surface area (Å²) < 4.78 is 0. The molecule has 4 heteroatoms. The first-order chi connectivity index (χ1) is 13.5. The summed E-state index contributed by atoms with van der Waals surface area (Å²) in [5.41, 5.74) is 4.63. The molecule has 0 radical (unpaired) electrons. The van der Waals surface area contributed by atoms with Crippen molar-refractivity contribution < 1.29 is 50.7 Å². The summed E-state index contributed by atoms with van der Waals surface area (Å²) in [6.45, 7) is 13.9. The summed E-state index contributed by atoms with van der Waals surface area (Å²) in [6.07, 6.45) is 6.46. The number of aryl methyl sites for hydroxylation is 2. The van der Waals surface area contributed by atoms with Crippen molar-refractivity contribution in [2.75, 3.05) is 0 Å². The van der Waals surface area contributed by atoms with Gasteiger partial charge in [-0.05, 0) is 24.2 Å². The average molecular weight is 644 g/mol. The molecular formula is C27H39Cl2HfP. The maximum atomic E-state index is 2.43. The van der Waals surface area contributed by atoms with Crippen LogP contribution >= 0.6 is 7.92 Å². The minimum Gasteiger partial charge on any atom is -1.00 e. The van der Waals surface area contributed by atoms with Gasteiger partial charge in [0.2, 0.25) is 0 Å². The van der Waals surface area contributed by atoms with Gasteiger partial charge >= 0.3 is 25.8 Å². The molecule has 0 aliphatic rings. The van der Waals surface area contributed by atoms with E-state index in [9.17, 15) is 0 Å². The van der Waals surface area contributed by atoms with Crippen molar-refractivity contribution in [3.8, 4) is 0 Å². The van der Waals surface area contributed by atoms with Crippen molar-refractivity contribution in [3.05, 3.63) is 65.7 Å². The molecule has 0 aliphatic heterocycles. The summed E-state index contributed by atoms with van der Waals surface area (Å²) in [5, 5.41) is 4.42. The topological polar surface area (TPSA) is 0 Å². The van der Waals surface area contributed by atoms with Gasteiger partial charge in [-0.3, -0.25) is 0 Å². The number of rotatable bonds is 8. The Bertz CT molecular complexity index is 780. The molecule has 0 heterocycles. The van der Waals surface area contributed by atoms with Gasteiger partial charge in [-0.1, -0.05) is 74.8 Å². The molecule has 0 saturated carbocycles. The van der Waals surface area contributed by atoms with Gasteiger partial charge in [-0.15, -0.1) is 40.3 Å². The smallest absolute Gasteiger partial charge is 1.00 e. The van der Waals surface area contributed by atoms with Crippen LogP contribution in [0.15, 0.2) is 54.6 Å². The standard InChI is InChI=1S/C17H24P.C10H15.2ClH.Hf/c1-5-13(3)18(14(4)6-2)17-11-15-9-7-8-10-16(15)12-17;1-3-4-7-10-8-5-6-9(10)2;;;/h7-14H,5-6H2,1-4H3;5-6,8H,3-4,7H2,1-2H3;2*1H;/q2*-1;;;+4/p-2. The van der Waals surface area contributed by atoms with Crippen LogP contribution in [-0.2, 0) is 32.3 Å². The van der Waals surface area contributed by atoms with Gasteiger partial charge in [0.1, 0.15) is 0 Å². The van der Waals surface area contributed by atoms with Gasteiger partial charge < -0.3 is 24.8 Å². The Morgan fingerprint density at radius 1 is 0.935 bits per heavy atom. The van der Waals surface area contributed by atoms with E-state index in [1.807, 2.05) is 0 Å². The zero-order chi connectivity index (χ0) is 20.5. The molecule has 3 aromatic rings. The van der Waals surface area contributed by atoms with Crippen LogP contribution in [0.5, 0.6) is 0 Å². The van der Waals surface area contributed by atoms with Crippen LogP contribution in [0.25, 0.3) is 10.8 Å². The van der Waals surface area contributed by atoms with Crippen LogP contribution in [0, 0.1) is 6.92 Å². The fourth-order valence-electron chi connectivity index (χ4n) is 3.81. The fraction of sp³-hybridized carbons (Fsp3) is 0.481. The Labute approximate surface area is 224 Å². The molecule has 2 unspecified atom stereocenters. The first-order valence-corrected chi connectivity index (χ1v) is 12.6. The van der Waals surface area contributed by atoms with Gasteiger partial charge in [-0.25, -0.2) is 12.1 Å². The van der Waals surface area contributed by atoms with E-state index in [4.69, 9.17) is 0 Å². The maximum Gasteiger partial charge on any atom is 4.00 e. The van der Waals surface area contributed by atoms with E-state index < -0.39 is 0 Å². The Balaban J connectivity index is 0. The number of halogens is 2. The molecule has 0 bridgehead atoms. The van der Waals surface area contributed by atoms with Crippen molar-refractivity contribution in [3.63, 3.8) is 0 Å². The molecule has 3 aromatic carbocycles. The Hall–Kier alpha value is 0.0601. The predicted molar refractivity (Wildman–Crippen MR) is 131 cm³/mol. The summed E-state index contributed by atoms with van der Waals surface area (Å²) in [4.78, 5) is 0. The summed E-state index contributed by atoms with van der Waals surface area (Å²) in [6, 6.07) is 20.2. The third-order valence-electron chi connectivity index (χ3n) is 5.98. The summed E-state index contributed by atoms with van der Waals surface area (Å²) >= 11 is 0. The zero-order valence-electron chi connectivity index (χ0n) is 20.1. The van der Waals surface area contributed by atoms with Crippen molar-refractivity contribution in [2.45, 2.75) is 85.0 Å². The second-order valence-corrected chi connectivity index (χ2v) is 11.2. The van der Waals surface area contributed by atoms with Crippen LogP contribution in [0.1, 0.15) is 71.4 Å². The molecule has 0 nitrogen and oxygen atoms in total. The molecule has 31 heavy (non-hydrogen) atoms. The molecule has 0 spiro atoms. The largest absolute Gasteiger partial charge is 4.00 e. The molecule has 3 rings (SSSR count). The first-order valence-electron chi connectivity index (χ1n) is 11.2. The Morgan fingerprint density at radius 3 is 2.03 bits per heavy atom. The van der Waals surface area contributed by atoms with Crippen LogP contribution in [0.3, 0.4) is 0 Å². The Kier molecular flexibility index (Phi) is 18.8. The number of hydrogen-bond donors (Lipinski definition) is 0. The molecule has 0 amide bonds. The summed E-state index contributed by atoms with van der Waals surface area (Å²) in [7, 11) is -0.0252. The molecule has 2 atom stereocenters. The molecular weight excluding hydrogens is 605 g/mol. The van der Waals surface area contributed by atoms with E-state index in [2.05, 4.69) is 96.1 Å². The minimum absolute atomic E-state index is 0. The van der Waals surface area contributed by atoms with Crippen molar-refractivity contribution in [1.82, 2.24) is 0 Å². The predicted octanol–water partition coefficient (Wildman–Crippen LogP) is 2.32. The number of unbranched alkanes of at least 4 members (excludes halogenated alkanes) is 1. The van der Waals surface area contributed by atoms with Crippen molar-refractivity contribution in [2.24, 2.45) is 0 Å². The third kappa shape index (κ3) is 9.83. The van der Waals surface area contributed by atoms with Gasteiger partial charge in [0.25, 0.3) is 0 Å². The van der Waals surface area contributed by atoms with E-state index in [0.29, 0.717) is 0 Å². The molecule has 0 aliphatic carbocycles. The SMILES string of the molecule is CCC(C)P(c1cc2ccccc2[cH-]1)C(C)CC.CCCC[c-]1cccc1C.[Cl-].[Cl-].[Hf+4]. The van der Waals surface area contributed by atoms with Crippen LogP contribution in [0.4, 0.5) is 0 Å². The van der Waals surface area contributed by atoms with Gasteiger partial charge in [-0.2, -0.15) is 23.3 Å². The molecule has 0 aromatic heterocycles. The van der Waals surface area contributed by atoms with Gasteiger partial charge in [0, 0.05) is 0 Å². The second kappa shape index (κ2) is 17.5. The average Bonchev–Trinajstić information content (AvgIpc) is 3.32. The summed E-state index contributed by atoms with van der Waals surface area (Å²) in [5.74, 6) is 0. The van der Waals surface area contributed by atoms with E-state index >= 15 is 0 Å². The number of benzene rings is 1. The fourth-order valence-corrected chi connectivity index (χ4v) is 7.06. The number of hydrogen-bond acceptors (Lipinski definition) is 0. The van der Waals surface area contributed by atoms with E-state index in [1.54, 1.807) is 5.30 Å².